The largest absolute Gasteiger partial charge is 0.467 e. The highest BCUT2D eigenvalue weighted by atomic mass is 16.3. The summed E-state index contributed by atoms with van der Waals surface area (Å²) in [5.74, 6) is 1.15. The molecule has 1 saturated carbocycles. The molecule has 1 N–H and O–H groups in total. The van der Waals surface area contributed by atoms with Gasteiger partial charge in [-0.05, 0) is 49.3 Å². The fourth-order valence-corrected chi connectivity index (χ4v) is 4.31. The Morgan fingerprint density at radius 3 is 2.56 bits per heavy atom. The van der Waals surface area contributed by atoms with Crippen molar-refractivity contribution in [3.8, 4) is 0 Å². The predicted octanol–water partition coefficient (Wildman–Crippen LogP) is 3.47. The molecule has 1 aliphatic carbocycles. The molecule has 2 fully saturated rings. The number of carbonyl (C=O) groups is 2. The number of hydrogen-bond donors (Lipinski definition) is 1. The van der Waals surface area contributed by atoms with E-state index in [0.29, 0.717) is 25.4 Å². The molecule has 2 aromatic rings. The molecule has 5 nitrogen and oxygen atoms in total. The van der Waals surface area contributed by atoms with Crippen molar-refractivity contribution in [1.82, 2.24) is 10.2 Å². The summed E-state index contributed by atoms with van der Waals surface area (Å²) in [6.45, 7) is 0.919. The summed E-state index contributed by atoms with van der Waals surface area (Å²) in [6.07, 6.45) is 6.11. The maximum absolute atomic E-state index is 12.6. The van der Waals surface area contributed by atoms with Crippen LogP contribution in [0.3, 0.4) is 0 Å². The molecule has 2 heterocycles. The van der Waals surface area contributed by atoms with Crippen LogP contribution >= 0.6 is 0 Å². The average Bonchev–Trinajstić information content (AvgIpc) is 3.34. The van der Waals surface area contributed by atoms with Crippen LogP contribution in [0.25, 0.3) is 0 Å². The number of nitrogens with one attached hydrogen (secondary N) is 1. The van der Waals surface area contributed by atoms with Crippen LogP contribution in [-0.4, -0.2) is 29.3 Å². The molecule has 142 valence electrons. The SMILES string of the molecule is O=C(NC1CCC(c2ccccc2)CC1)C1CC(=O)N(Cc2ccco2)C1. The number of furan rings is 1. The monoisotopic (exact) mass is 366 g/mol. The fraction of sp³-hybridized carbons (Fsp3) is 0.455. The summed E-state index contributed by atoms with van der Waals surface area (Å²) in [5, 5.41) is 3.19. The summed E-state index contributed by atoms with van der Waals surface area (Å²) in [7, 11) is 0. The Bertz CT molecular complexity index is 764. The van der Waals surface area contributed by atoms with Crippen molar-refractivity contribution in [3.05, 3.63) is 60.1 Å². The average molecular weight is 366 g/mol. The summed E-state index contributed by atoms with van der Waals surface area (Å²) in [5.41, 5.74) is 1.40. The van der Waals surface area contributed by atoms with E-state index in [1.165, 1.54) is 5.56 Å². The minimum Gasteiger partial charge on any atom is -0.467 e. The van der Waals surface area contributed by atoms with Crippen molar-refractivity contribution in [1.29, 1.82) is 0 Å². The van der Waals surface area contributed by atoms with Gasteiger partial charge < -0.3 is 14.6 Å². The van der Waals surface area contributed by atoms with E-state index in [9.17, 15) is 9.59 Å². The third kappa shape index (κ3) is 4.24. The Morgan fingerprint density at radius 2 is 1.85 bits per heavy atom. The van der Waals surface area contributed by atoms with Crippen LogP contribution in [0.15, 0.2) is 53.1 Å². The van der Waals surface area contributed by atoms with Crippen molar-refractivity contribution in [2.45, 2.75) is 50.6 Å². The predicted molar refractivity (Wildman–Crippen MR) is 102 cm³/mol. The summed E-state index contributed by atoms with van der Waals surface area (Å²) in [4.78, 5) is 26.6. The van der Waals surface area contributed by atoms with Crippen LogP contribution in [0.5, 0.6) is 0 Å². The van der Waals surface area contributed by atoms with E-state index in [-0.39, 0.29) is 23.8 Å². The van der Waals surface area contributed by atoms with Crippen molar-refractivity contribution in [2.75, 3.05) is 6.54 Å². The van der Waals surface area contributed by atoms with Gasteiger partial charge in [0.1, 0.15) is 5.76 Å². The summed E-state index contributed by atoms with van der Waals surface area (Å²) in [6, 6.07) is 14.5. The lowest BCUT2D eigenvalue weighted by molar-refractivity contribution is -0.129. The zero-order valence-corrected chi connectivity index (χ0v) is 15.5. The highest BCUT2D eigenvalue weighted by Gasteiger charge is 2.35. The van der Waals surface area contributed by atoms with Gasteiger partial charge in [0.25, 0.3) is 0 Å². The minimum atomic E-state index is -0.251. The number of amides is 2. The summed E-state index contributed by atoms with van der Waals surface area (Å²) < 4.78 is 5.31. The molecule has 2 amide bonds. The van der Waals surface area contributed by atoms with Gasteiger partial charge in [0.2, 0.25) is 11.8 Å². The normalized spacial score (nSPS) is 25.6. The molecule has 2 aliphatic rings. The van der Waals surface area contributed by atoms with Gasteiger partial charge in [0, 0.05) is 19.0 Å². The molecule has 0 spiro atoms. The third-order valence-corrected chi connectivity index (χ3v) is 5.86. The molecule has 0 radical (unpaired) electrons. The Balaban J connectivity index is 1.26. The van der Waals surface area contributed by atoms with Crippen molar-refractivity contribution >= 4 is 11.8 Å². The maximum Gasteiger partial charge on any atom is 0.225 e. The topological polar surface area (TPSA) is 62.6 Å². The molecule has 0 bridgehead atoms. The zero-order valence-electron chi connectivity index (χ0n) is 15.5. The van der Waals surface area contributed by atoms with Gasteiger partial charge >= 0.3 is 0 Å². The van der Waals surface area contributed by atoms with Gasteiger partial charge in [-0.2, -0.15) is 0 Å². The number of likely N-dealkylation sites (tertiary alicyclic amines) is 1. The molecular formula is C22H26N2O3. The number of benzene rings is 1. The van der Waals surface area contributed by atoms with Crippen LogP contribution in [0.2, 0.25) is 0 Å². The van der Waals surface area contributed by atoms with Crippen molar-refractivity contribution in [3.63, 3.8) is 0 Å². The van der Waals surface area contributed by atoms with Crippen molar-refractivity contribution in [2.24, 2.45) is 5.92 Å². The Kier molecular flexibility index (Phi) is 5.28. The van der Waals surface area contributed by atoms with Crippen molar-refractivity contribution < 1.29 is 14.0 Å². The standard InChI is InChI=1S/C22H26N2O3/c25-21-13-18(14-24(21)15-20-7-4-12-27-20)22(26)23-19-10-8-17(9-11-19)16-5-2-1-3-6-16/h1-7,12,17-19H,8-11,13-15H2,(H,23,26). The third-order valence-electron chi connectivity index (χ3n) is 5.86. The molecule has 1 unspecified atom stereocenters. The molecule has 27 heavy (non-hydrogen) atoms. The van der Waals surface area contributed by atoms with E-state index in [1.54, 1.807) is 11.2 Å². The van der Waals surface area contributed by atoms with E-state index in [1.807, 2.05) is 18.2 Å². The number of hydrogen-bond acceptors (Lipinski definition) is 3. The maximum atomic E-state index is 12.6. The first kappa shape index (κ1) is 17.8. The second-order valence-corrected chi connectivity index (χ2v) is 7.72. The van der Waals surface area contributed by atoms with Crippen LogP contribution in [0, 0.1) is 5.92 Å². The van der Waals surface area contributed by atoms with Crippen LogP contribution in [-0.2, 0) is 16.1 Å². The molecule has 1 atom stereocenters. The van der Waals surface area contributed by atoms with E-state index in [2.05, 4.69) is 29.6 Å². The van der Waals surface area contributed by atoms with Crippen LogP contribution in [0.4, 0.5) is 0 Å². The second-order valence-electron chi connectivity index (χ2n) is 7.72. The highest BCUT2D eigenvalue weighted by molar-refractivity contribution is 5.89. The molecule has 1 aromatic heterocycles. The van der Waals surface area contributed by atoms with Crippen LogP contribution < -0.4 is 5.32 Å². The lowest BCUT2D eigenvalue weighted by Crippen LogP contribution is -2.41. The minimum absolute atomic E-state index is 0.0217. The molecular weight excluding hydrogens is 340 g/mol. The number of nitrogens with zero attached hydrogens (tertiary/aromatic N) is 1. The van der Waals surface area contributed by atoms with E-state index < -0.39 is 0 Å². The van der Waals surface area contributed by atoms with Gasteiger partial charge in [0.15, 0.2) is 0 Å². The summed E-state index contributed by atoms with van der Waals surface area (Å²) >= 11 is 0. The Hall–Kier alpha value is -2.56. The van der Waals surface area contributed by atoms with Crippen LogP contribution in [0.1, 0.15) is 49.3 Å². The Labute approximate surface area is 159 Å². The quantitative estimate of drug-likeness (QED) is 0.881. The molecule has 1 aliphatic heterocycles. The first-order valence-electron chi connectivity index (χ1n) is 9.84. The lowest BCUT2D eigenvalue weighted by atomic mass is 9.81. The van der Waals surface area contributed by atoms with E-state index >= 15 is 0 Å². The van der Waals surface area contributed by atoms with Gasteiger partial charge in [-0.15, -0.1) is 0 Å². The highest BCUT2D eigenvalue weighted by Crippen LogP contribution is 2.33. The van der Waals surface area contributed by atoms with Gasteiger partial charge in [-0.25, -0.2) is 0 Å². The molecule has 1 saturated heterocycles. The smallest absolute Gasteiger partial charge is 0.225 e. The zero-order chi connectivity index (χ0) is 18.6. The first-order valence-corrected chi connectivity index (χ1v) is 9.84. The number of rotatable bonds is 5. The van der Waals surface area contributed by atoms with E-state index in [0.717, 1.165) is 31.4 Å². The molecule has 1 aromatic carbocycles. The first-order chi connectivity index (χ1) is 13.2. The fourth-order valence-electron chi connectivity index (χ4n) is 4.31. The second kappa shape index (κ2) is 7.99. The molecule has 4 rings (SSSR count). The van der Waals surface area contributed by atoms with Gasteiger partial charge in [-0.3, -0.25) is 9.59 Å². The Morgan fingerprint density at radius 1 is 1.07 bits per heavy atom. The van der Waals surface area contributed by atoms with Gasteiger partial charge in [0.05, 0.1) is 18.7 Å². The number of carbonyl (C=O) groups excluding carboxylic acids is 2. The lowest BCUT2D eigenvalue weighted by Gasteiger charge is -2.30. The van der Waals surface area contributed by atoms with E-state index in [4.69, 9.17) is 4.42 Å². The van der Waals surface area contributed by atoms with Gasteiger partial charge in [-0.1, -0.05) is 30.3 Å². The molecule has 5 heteroatoms.